The lowest BCUT2D eigenvalue weighted by atomic mass is 9.85. The highest BCUT2D eigenvalue weighted by molar-refractivity contribution is 8.45. The van der Waals surface area contributed by atoms with Crippen molar-refractivity contribution in [3.8, 4) is 0 Å². The van der Waals surface area contributed by atoms with Crippen LogP contribution in [0.2, 0.25) is 0 Å². The lowest BCUT2D eigenvalue weighted by molar-refractivity contribution is -0.166. The van der Waals surface area contributed by atoms with Crippen LogP contribution in [0.3, 0.4) is 0 Å². The molecule has 1 aromatic rings. The van der Waals surface area contributed by atoms with Gasteiger partial charge >= 0.3 is 10.2 Å². The van der Waals surface area contributed by atoms with E-state index in [0.717, 1.165) is 45.0 Å². The molecule has 3 aliphatic rings. The fourth-order valence-electron chi connectivity index (χ4n) is 5.63. The van der Waals surface area contributed by atoms with Gasteiger partial charge in [-0.25, -0.2) is 0 Å². The number of rotatable bonds is 7. The first-order chi connectivity index (χ1) is 16.1. The van der Waals surface area contributed by atoms with Crippen molar-refractivity contribution in [1.82, 2.24) is 15.1 Å². The molecule has 0 unspecified atom stereocenters. The van der Waals surface area contributed by atoms with Gasteiger partial charge in [-0.3, -0.25) is 14.6 Å². The van der Waals surface area contributed by atoms with Gasteiger partial charge < -0.3 is 10.1 Å². The molecule has 4 rings (SSSR count). The maximum absolute atomic E-state index is 13.2. The van der Waals surface area contributed by atoms with Crippen molar-refractivity contribution in [2.45, 2.75) is 81.6 Å². The maximum atomic E-state index is 13.2. The predicted molar refractivity (Wildman–Crippen MR) is 127 cm³/mol. The molecule has 11 heteroatoms. The molecule has 5 nitrogen and oxygen atoms in total. The molecule has 2 saturated heterocycles. The van der Waals surface area contributed by atoms with Crippen LogP contribution in [0, 0.1) is 5.92 Å². The van der Waals surface area contributed by atoms with E-state index >= 15 is 0 Å². The van der Waals surface area contributed by atoms with E-state index in [4.69, 9.17) is 4.74 Å². The minimum absolute atomic E-state index is 0.0271. The van der Waals surface area contributed by atoms with Gasteiger partial charge in [0.15, 0.2) is 0 Å². The second-order valence-corrected chi connectivity index (χ2v) is 13.1. The first-order valence-electron chi connectivity index (χ1n) is 12.3. The van der Waals surface area contributed by atoms with Crippen molar-refractivity contribution in [1.29, 1.82) is 0 Å². The van der Waals surface area contributed by atoms with Crippen LogP contribution in [0.25, 0.3) is 0 Å². The number of nitrogens with zero attached hydrogens (tertiary/aromatic N) is 2. The van der Waals surface area contributed by atoms with Gasteiger partial charge in [-0.05, 0) is 70.1 Å². The zero-order valence-electron chi connectivity index (χ0n) is 20.5. The van der Waals surface area contributed by atoms with Crippen molar-refractivity contribution in [3.05, 3.63) is 29.8 Å². The molecular weight excluding hydrogens is 489 g/mol. The molecule has 0 spiro atoms. The number of piperazine rings is 1. The molecule has 0 aromatic heterocycles. The van der Waals surface area contributed by atoms with E-state index < -0.39 is 20.7 Å². The molecule has 2 aliphatic heterocycles. The second-order valence-electron chi connectivity index (χ2n) is 10.6. The fourth-order valence-corrected chi connectivity index (χ4v) is 6.34. The van der Waals surface area contributed by atoms with Crippen LogP contribution in [0.15, 0.2) is 29.2 Å². The number of carbonyl (C=O) groups is 1. The highest BCUT2D eigenvalue weighted by atomic mass is 32.5. The molecule has 3 atom stereocenters. The highest BCUT2D eigenvalue weighted by Gasteiger charge is 2.65. The molecule has 2 heterocycles. The summed E-state index contributed by atoms with van der Waals surface area (Å²) in [5.41, 5.74) is -1.03. The van der Waals surface area contributed by atoms with Crippen molar-refractivity contribution >= 4 is 16.1 Å². The fraction of sp³-hybridized carbons (Fsp3) is 0.708. The van der Waals surface area contributed by atoms with Gasteiger partial charge in [0.05, 0.1) is 6.61 Å². The molecule has 1 aromatic carbocycles. The molecule has 200 valence electrons. The minimum Gasteiger partial charge on any atom is -0.363 e. The third-order valence-electron chi connectivity index (χ3n) is 7.69. The SMILES string of the molecule is CC(C)N1CCN([C@@H]2CC[C@@](C(=O)NCc3cccc(S(F)(F)(F)(F)F)c3)(C3CC3)OC2)C[C@@H]1C. The van der Waals surface area contributed by atoms with Gasteiger partial charge in [-0.1, -0.05) is 31.6 Å². The normalized spacial score (nSPS) is 31.1. The van der Waals surface area contributed by atoms with E-state index in [2.05, 4.69) is 35.9 Å². The number of nitrogens with one attached hydrogen (secondary N) is 1. The second kappa shape index (κ2) is 8.56. The van der Waals surface area contributed by atoms with Crippen molar-refractivity contribution in [2.24, 2.45) is 5.92 Å². The quantitative estimate of drug-likeness (QED) is 0.464. The summed E-state index contributed by atoms with van der Waals surface area (Å²) in [6.07, 6.45) is 3.07. The topological polar surface area (TPSA) is 44.8 Å². The molecule has 3 fully saturated rings. The van der Waals surface area contributed by atoms with E-state index in [-0.39, 0.29) is 30.0 Å². The summed E-state index contributed by atoms with van der Waals surface area (Å²) in [6.45, 7) is 9.66. The van der Waals surface area contributed by atoms with Crippen LogP contribution in [0.1, 0.15) is 52.0 Å². The summed E-state index contributed by atoms with van der Waals surface area (Å²) in [5, 5.41) is 2.67. The number of hydrogen-bond acceptors (Lipinski definition) is 4. The molecule has 1 aliphatic carbocycles. The minimum atomic E-state index is -9.78. The van der Waals surface area contributed by atoms with E-state index in [1.54, 1.807) is 0 Å². The number of halogens is 5. The van der Waals surface area contributed by atoms with Crippen LogP contribution < -0.4 is 5.32 Å². The summed E-state index contributed by atoms with van der Waals surface area (Å²) in [4.78, 5) is 16.2. The summed E-state index contributed by atoms with van der Waals surface area (Å²) in [7, 11) is -9.78. The first kappa shape index (κ1) is 26.6. The number of ether oxygens (including phenoxy) is 1. The Kier molecular flexibility index (Phi) is 6.51. The van der Waals surface area contributed by atoms with Gasteiger partial charge in [0, 0.05) is 44.3 Å². The number of carbonyl (C=O) groups excluding carboxylic acids is 1. The van der Waals surface area contributed by atoms with Gasteiger partial charge in [-0.2, -0.15) is 0 Å². The number of benzene rings is 1. The largest absolute Gasteiger partial charge is 0.363 e. The van der Waals surface area contributed by atoms with Crippen molar-refractivity contribution < 1.29 is 29.0 Å². The first-order valence-corrected chi connectivity index (χ1v) is 14.3. The Balaban J connectivity index is 1.38. The Labute approximate surface area is 204 Å². The van der Waals surface area contributed by atoms with E-state index in [9.17, 15) is 24.2 Å². The van der Waals surface area contributed by atoms with E-state index in [1.807, 2.05) is 0 Å². The van der Waals surface area contributed by atoms with Crippen LogP contribution in [0.5, 0.6) is 0 Å². The van der Waals surface area contributed by atoms with Crippen molar-refractivity contribution in [3.63, 3.8) is 0 Å². The zero-order chi connectivity index (χ0) is 25.7. The Morgan fingerprint density at radius 3 is 2.43 bits per heavy atom. The molecule has 1 amide bonds. The Morgan fingerprint density at radius 1 is 1.17 bits per heavy atom. The maximum Gasteiger partial charge on any atom is 0.310 e. The molecule has 35 heavy (non-hydrogen) atoms. The van der Waals surface area contributed by atoms with Gasteiger partial charge in [0.1, 0.15) is 10.5 Å². The Hall–Kier alpha value is -1.43. The van der Waals surface area contributed by atoms with E-state index in [0.29, 0.717) is 37.2 Å². The molecular formula is C24H36F5N3O2S. The van der Waals surface area contributed by atoms with Crippen LogP contribution in [-0.2, 0) is 16.1 Å². The smallest absolute Gasteiger partial charge is 0.310 e. The van der Waals surface area contributed by atoms with Crippen molar-refractivity contribution in [2.75, 3.05) is 26.2 Å². The number of hydrogen-bond donors (Lipinski definition) is 1. The predicted octanol–water partition coefficient (Wildman–Crippen LogP) is 5.70. The molecule has 1 N–H and O–H groups in total. The third kappa shape index (κ3) is 5.94. The Morgan fingerprint density at radius 2 is 1.89 bits per heavy atom. The number of amides is 1. The molecule has 0 bridgehead atoms. The van der Waals surface area contributed by atoms with Gasteiger partial charge in [-0.15, -0.1) is 0 Å². The monoisotopic (exact) mass is 525 g/mol. The summed E-state index contributed by atoms with van der Waals surface area (Å²) in [6, 6.07) is 4.17. The highest BCUT2D eigenvalue weighted by Crippen LogP contribution is 3.02. The molecule has 1 saturated carbocycles. The van der Waals surface area contributed by atoms with Crippen LogP contribution >= 0.6 is 10.2 Å². The molecule has 0 radical (unpaired) electrons. The summed E-state index contributed by atoms with van der Waals surface area (Å²) < 4.78 is 72.0. The zero-order valence-corrected chi connectivity index (χ0v) is 21.3. The standard InChI is InChI=1S/C24H36F5N3O2S/c1-17(2)32-12-11-31(15-18(32)3)21-9-10-24(34-16-21,20-7-8-20)23(33)30-14-19-5-4-6-22(13-19)35(25,26,27,28)29/h4-6,13,17-18,20-21H,7-12,14-16H2,1-3H3,(H,30,33)/t18-,21+,24-/m0/s1. The van der Waals surface area contributed by atoms with Crippen LogP contribution in [0.4, 0.5) is 19.4 Å². The average Bonchev–Trinajstić information content (AvgIpc) is 3.62. The van der Waals surface area contributed by atoms with Gasteiger partial charge in [0.2, 0.25) is 0 Å². The summed E-state index contributed by atoms with van der Waals surface area (Å²) in [5.74, 6) is -0.287. The summed E-state index contributed by atoms with van der Waals surface area (Å²) >= 11 is 0. The van der Waals surface area contributed by atoms with Crippen LogP contribution in [-0.4, -0.2) is 65.7 Å². The average molecular weight is 526 g/mol. The van der Waals surface area contributed by atoms with Gasteiger partial charge in [0.25, 0.3) is 5.91 Å². The lowest BCUT2D eigenvalue weighted by Gasteiger charge is -2.48. The van der Waals surface area contributed by atoms with E-state index in [1.165, 1.54) is 6.07 Å². The third-order valence-corrected chi connectivity index (χ3v) is 8.84. The Bertz CT molecular complexity index is 947. The lowest BCUT2D eigenvalue weighted by Crippen LogP contribution is -2.61.